The Morgan fingerprint density at radius 1 is 1.11 bits per heavy atom. The van der Waals surface area contributed by atoms with E-state index in [9.17, 15) is 0 Å². The highest BCUT2D eigenvalue weighted by molar-refractivity contribution is 5.19. The third-order valence-electron chi connectivity index (χ3n) is 6.13. The smallest absolute Gasteiger partial charge is 0.0303 e. The van der Waals surface area contributed by atoms with E-state index in [1.54, 1.807) is 0 Å². The molecule has 5 rings (SSSR count). The maximum atomic E-state index is 6.16. The fourth-order valence-corrected chi connectivity index (χ4v) is 5.74. The Balaban J connectivity index is 1.64. The molecule has 4 bridgehead atoms. The van der Waals surface area contributed by atoms with Gasteiger partial charge in [-0.25, -0.2) is 0 Å². The van der Waals surface area contributed by atoms with Crippen molar-refractivity contribution in [2.24, 2.45) is 35.3 Å². The lowest BCUT2D eigenvalue weighted by atomic mass is 9.49. The van der Waals surface area contributed by atoms with E-state index in [0.717, 1.165) is 36.1 Å². The SMILES string of the molecule is NCC(c1cccnc1)C1C2CC3CC(C2)CC1C3. The molecule has 102 valence electrons. The molecule has 1 unspecified atom stereocenters. The van der Waals surface area contributed by atoms with E-state index in [2.05, 4.69) is 17.1 Å². The minimum Gasteiger partial charge on any atom is -0.330 e. The van der Waals surface area contributed by atoms with Gasteiger partial charge in [0.15, 0.2) is 0 Å². The van der Waals surface area contributed by atoms with Crippen molar-refractivity contribution in [3.05, 3.63) is 30.1 Å². The van der Waals surface area contributed by atoms with Crippen LogP contribution in [0.5, 0.6) is 0 Å². The zero-order chi connectivity index (χ0) is 12.8. The molecular weight excluding hydrogens is 232 g/mol. The van der Waals surface area contributed by atoms with Gasteiger partial charge in [0.2, 0.25) is 0 Å². The van der Waals surface area contributed by atoms with Crippen molar-refractivity contribution in [1.82, 2.24) is 4.98 Å². The summed E-state index contributed by atoms with van der Waals surface area (Å²) >= 11 is 0. The molecule has 0 saturated heterocycles. The third-order valence-corrected chi connectivity index (χ3v) is 6.13. The number of rotatable bonds is 3. The second-order valence-corrected chi connectivity index (χ2v) is 7.14. The molecule has 4 fully saturated rings. The fourth-order valence-electron chi connectivity index (χ4n) is 5.74. The molecule has 2 nitrogen and oxygen atoms in total. The summed E-state index contributed by atoms with van der Waals surface area (Å²) in [6, 6.07) is 4.30. The van der Waals surface area contributed by atoms with Gasteiger partial charge in [0.05, 0.1) is 0 Å². The topological polar surface area (TPSA) is 38.9 Å². The number of nitrogens with two attached hydrogens (primary N) is 1. The number of hydrogen-bond donors (Lipinski definition) is 1. The van der Waals surface area contributed by atoms with Crippen LogP contribution in [0.1, 0.15) is 43.6 Å². The number of hydrogen-bond acceptors (Lipinski definition) is 2. The van der Waals surface area contributed by atoms with Crippen LogP contribution < -0.4 is 5.73 Å². The first kappa shape index (κ1) is 11.9. The Kier molecular flexibility index (Phi) is 2.87. The molecule has 1 heterocycles. The Morgan fingerprint density at radius 3 is 2.32 bits per heavy atom. The van der Waals surface area contributed by atoms with Crippen molar-refractivity contribution in [3.63, 3.8) is 0 Å². The molecule has 0 aromatic carbocycles. The van der Waals surface area contributed by atoms with Crippen LogP contribution in [0.2, 0.25) is 0 Å². The van der Waals surface area contributed by atoms with Crippen LogP contribution in [0.4, 0.5) is 0 Å². The first-order valence-corrected chi connectivity index (χ1v) is 7.95. The van der Waals surface area contributed by atoms with Crippen LogP contribution in [-0.2, 0) is 0 Å². The highest BCUT2D eigenvalue weighted by Crippen LogP contribution is 2.59. The first-order valence-electron chi connectivity index (χ1n) is 7.95. The molecule has 2 N–H and O–H groups in total. The average molecular weight is 256 g/mol. The summed E-state index contributed by atoms with van der Waals surface area (Å²) in [5.41, 5.74) is 7.53. The lowest BCUT2D eigenvalue weighted by Crippen LogP contribution is -2.48. The van der Waals surface area contributed by atoms with Crippen LogP contribution in [0.3, 0.4) is 0 Å². The van der Waals surface area contributed by atoms with Crippen LogP contribution in [-0.4, -0.2) is 11.5 Å². The van der Waals surface area contributed by atoms with E-state index in [0.29, 0.717) is 5.92 Å². The minimum absolute atomic E-state index is 0.545. The van der Waals surface area contributed by atoms with Crippen LogP contribution in [0, 0.1) is 29.6 Å². The van der Waals surface area contributed by atoms with Crippen molar-refractivity contribution in [1.29, 1.82) is 0 Å². The van der Waals surface area contributed by atoms with E-state index in [1.165, 1.54) is 37.7 Å². The van der Waals surface area contributed by atoms with Gasteiger partial charge in [-0.15, -0.1) is 0 Å². The second kappa shape index (κ2) is 4.59. The predicted octanol–water partition coefficient (Wildman–Crippen LogP) is 3.20. The van der Waals surface area contributed by atoms with Gasteiger partial charge in [-0.3, -0.25) is 4.98 Å². The molecule has 1 aromatic rings. The summed E-state index contributed by atoms with van der Waals surface area (Å²) in [6.07, 6.45) is 11.4. The van der Waals surface area contributed by atoms with Gasteiger partial charge in [0.1, 0.15) is 0 Å². The van der Waals surface area contributed by atoms with Crippen molar-refractivity contribution < 1.29 is 0 Å². The van der Waals surface area contributed by atoms with E-state index in [-0.39, 0.29) is 0 Å². The Hall–Kier alpha value is -0.890. The van der Waals surface area contributed by atoms with E-state index in [4.69, 9.17) is 5.73 Å². The second-order valence-electron chi connectivity index (χ2n) is 7.14. The third kappa shape index (κ3) is 1.92. The van der Waals surface area contributed by atoms with Gasteiger partial charge < -0.3 is 5.73 Å². The summed E-state index contributed by atoms with van der Waals surface area (Å²) in [5.74, 6) is 5.37. The average Bonchev–Trinajstić information content (AvgIpc) is 2.43. The van der Waals surface area contributed by atoms with Gasteiger partial charge >= 0.3 is 0 Å². The number of aromatic nitrogens is 1. The normalized spacial score (nSPS) is 41.4. The summed E-state index contributed by atoms with van der Waals surface area (Å²) in [5, 5.41) is 0. The monoisotopic (exact) mass is 256 g/mol. The van der Waals surface area contributed by atoms with Gasteiger partial charge in [-0.1, -0.05) is 6.07 Å². The van der Waals surface area contributed by atoms with Crippen molar-refractivity contribution >= 4 is 0 Å². The summed E-state index contributed by atoms with van der Waals surface area (Å²) in [6.45, 7) is 0.790. The molecule has 4 saturated carbocycles. The zero-order valence-corrected chi connectivity index (χ0v) is 11.5. The van der Waals surface area contributed by atoms with Crippen LogP contribution in [0.15, 0.2) is 24.5 Å². The maximum Gasteiger partial charge on any atom is 0.0303 e. The minimum atomic E-state index is 0.545. The summed E-state index contributed by atoms with van der Waals surface area (Å²) in [4.78, 5) is 4.31. The predicted molar refractivity (Wildman–Crippen MR) is 76.6 cm³/mol. The van der Waals surface area contributed by atoms with E-state index in [1.807, 2.05) is 12.4 Å². The molecular formula is C17H24N2. The molecule has 4 aliphatic carbocycles. The first-order chi connectivity index (χ1) is 9.35. The molecule has 0 aliphatic heterocycles. The molecule has 19 heavy (non-hydrogen) atoms. The lowest BCUT2D eigenvalue weighted by molar-refractivity contribution is -0.0468. The van der Waals surface area contributed by atoms with Crippen LogP contribution in [0.25, 0.3) is 0 Å². The molecule has 0 amide bonds. The lowest BCUT2D eigenvalue weighted by Gasteiger charge is -2.56. The van der Waals surface area contributed by atoms with Crippen molar-refractivity contribution in [3.8, 4) is 0 Å². The van der Waals surface area contributed by atoms with Gasteiger partial charge in [-0.2, -0.15) is 0 Å². The highest BCUT2D eigenvalue weighted by Gasteiger charge is 2.50. The molecule has 0 radical (unpaired) electrons. The van der Waals surface area contributed by atoms with E-state index < -0.39 is 0 Å². The van der Waals surface area contributed by atoms with Gasteiger partial charge in [-0.05, 0) is 79.9 Å². The van der Waals surface area contributed by atoms with Crippen LogP contribution >= 0.6 is 0 Å². The van der Waals surface area contributed by atoms with Gasteiger partial charge in [0, 0.05) is 18.3 Å². The molecule has 0 spiro atoms. The number of pyridine rings is 1. The largest absolute Gasteiger partial charge is 0.330 e. The molecule has 4 aliphatic rings. The standard InChI is InChI=1S/C17H24N2/c18-9-16(13-2-1-3-19-10-13)17-14-5-11-4-12(7-14)8-15(17)6-11/h1-3,10-12,14-17H,4-9,18H2. The molecule has 2 heteroatoms. The number of nitrogens with zero attached hydrogens (tertiary/aromatic N) is 1. The summed E-state index contributed by atoms with van der Waals surface area (Å²) in [7, 11) is 0. The fraction of sp³-hybridized carbons (Fsp3) is 0.706. The molecule has 1 aromatic heterocycles. The Bertz CT molecular complexity index is 414. The van der Waals surface area contributed by atoms with Crippen molar-refractivity contribution in [2.45, 2.75) is 38.0 Å². The summed E-state index contributed by atoms with van der Waals surface area (Å²) < 4.78 is 0. The highest BCUT2D eigenvalue weighted by atomic mass is 14.7. The van der Waals surface area contributed by atoms with E-state index >= 15 is 0 Å². The Labute approximate surface area is 115 Å². The molecule has 1 atom stereocenters. The zero-order valence-electron chi connectivity index (χ0n) is 11.5. The van der Waals surface area contributed by atoms with Crippen molar-refractivity contribution in [2.75, 3.05) is 6.54 Å². The quantitative estimate of drug-likeness (QED) is 0.902. The van der Waals surface area contributed by atoms with Gasteiger partial charge in [0.25, 0.3) is 0 Å². The maximum absolute atomic E-state index is 6.16. The Morgan fingerprint density at radius 2 is 1.79 bits per heavy atom.